The second kappa shape index (κ2) is 15.7. The molecule has 0 spiro atoms. The summed E-state index contributed by atoms with van der Waals surface area (Å²) >= 11 is 0. The Bertz CT molecular complexity index is 28.5. The topological polar surface area (TPSA) is 72.0 Å². The Kier molecular flexibility index (Phi) is 45.0. The second-order valence-electron chi connectivity index (χ2n) is 1.03. The van der Waals surface area contributed by atoms with Gasteiger partial charge in [-0.25, -0.2) is 0 Å². The third-order valence-electron chi connectivity index (χ3n) is 0.264. The van der Waals surface area contributed by atoms with Crippen molar-refractivity contribution in [1.29, 1.82) is 0 Å². The molecular weight excluding hydrogens is 142 g/mol. The first-order valence-corrected chi connectivity index (χ1v) is 1.56. The van der Waals surface area contributed by atoms with Crippen LogP contribution in [0.15, 0.2) is 0 Å². The molecule has 0 aliphatic rings. The molecule has 0 heterocycles. The molecule has 0 bridgehead atoms. The van der Waals surface area contributed by atoms with Gasteiger partial charge in [-0.2, -0.15) is 0 Å². The van der Waals surface area contributed by atoms with Crippen molar-refractivity contribution >= 4 is 0 Å². The number of hydrogen-bond acceptors (Lipinski definition) is 2. The van der Waals surface area contributed by atoms with Crippen LogP contribution < -0.4 is 42.0 Å². The fourth-order valence-corrected chi connectivity index (χ4v) is 0. The zero-order valence-electron chi connectivity index (χ0n) is 5.06. The normalized spacial score (nSPS) is 9.38. The van der Waals surface area contributed by atoms with E-state index in [0.29, 0.717) is 0 Å². The minimum Gasteiger partial charge on any atom is -1.00 e. The molecule has 0 rings (SSSR count). The summed E-state index contributed by atoms with van der Waals surface area (Å²) in [5.41, 5.74) is 0. The van der Waals surface area contributed by atoms with Crippen LogP contribution in [0.4, 0.5) is 0 Å². The average molecular weight is 153 g/mol. The van der Waals surface area contributed by atoms with E-state index in [2.05, 4.69) is 0 Å². The molecule has 0 amide bonds. The molecule has 0 fully saturated rings. The molecule has 0 aliphatic heterocycles. The summed E-state index contributed by atoms with van der Waals surface area (Å²) in [6, 6.07) is 0. The van der Waals surface area contributed by atoms with Gasteiger partial charge in [0.05, 0.1) is 12.7 Å². The van der Waals surface area contributed by atoms with Crippen LogP contribution in [0.2, 0.25) is 0 Å². The van der Waals surface area contributed by atoms with E-state index in [4.69, 9.17) is 10.2 Å². The van der Waals surface area contributed by atoms with Crippen LogP contribution in [-0.2, 0) is 0 Å². The Morgan fingerprint density at radius 2 is 1.62 bits per heavy atom. The van der Waals surface area contributed by atoms with Crippen molar-refractivity contribution < 1.29 is 57.7 Å². The maximum Gasteiger partial charge on any atom is 1.00 e. The second-order valence-corrected chi connectivity index (χ2v) is 1.03. The summed E-state index contributed by atoms with van der Waals surface area (Å²) in [6.07, 6.45) is -0.560. The van der Waals surface area contributed by atoms with Gasteiger partial charge in [0.25, 0.3) is 0 Å². The number of aliphatic hydroxyl groups excluding tert-OH is 2. The van der Waals surface area contributed by atoms with E-state index in [9.17, 15) is 0 Å². The fourth-order valence-electron chi connectivity index (χ4n) is 0. The van der Waals surface area contributed by atoms with Crippen LogP contribution in [0.5, 0.6) is 0 Å². The standard InChI is InChI=1S/C3H8O2.ClH.Na.H2O/c1-3(5)2-4;;;/h3-5H,2H2,1H3;1H;;1H2/q;;+1;/p-1. The zero-order chi connectivity index (χ0) is 4.28. The molecule has 1 unspecified atom stereocenters. The van der Waals surface area contributed by atoms with Crippen LogP contribution >= 0.6 is 0 Å². The van der Waals surface area contributed by atoms with Gasteiger partial charge >= 0.3 is 29.6 Å². The summed E-state index contributed by atoms with van der Waals surface area (Å²) < 4.78 is 0. The van der Waals surface area contributed by atoms with Gasteiger partial charge in [-0.1, -0.05) is 0 Å². The molecule has 0 aromatic heterocycles. The Labute approximate surface area is 77.1 Å². The van der Waals surface area contributed by atoms with Gasteiger partial charge in [0.1, 0.15) is 0 Å². The molecule has 8 heavy (non-hydrogen) atoms. The molecule has 48 valence electrons. The minimum atomic E-state index is -0.560. The molecule has 0 radical (unpaired) electrons. The summed E-state index contributed by atoms with van der Waals surface area (Å²) in [5.74, 6) is 0. The van der Waals surface area contributed by atoms with Gasteiger partial charge in [0.2, 0.25) is 0 Å². The minimum absolute atomic E-state index is 0. The first kappa shape index (κ1) is 22.9. The molecular formula is C3H10ClNaO3. The predicted molar refractivity (Wildman–Crippen MR) is 22.4 cm³/mol. The van der Waals surface area contributed by atoms with E-state index < -0.39 is 6.10 Å². The predicted octanol–water partition coefficient (Wildman–Crippen LogP) is -7.46. The first-order chi connectivity index (χ1) is 2.27. The van der Waals surface area contributed by atoms with Gasteiger partial charge in [-0.3, -0.25) is 0 Å². The molecule has 0 saturated heterocycles. The van der Waals surface area contributed by atoms with Crippen LogP contribution in [0, 0.1) is 0 Å². The Morgan fingerprint density at radius 1 is 1.50 bits per heavy atom. The summed E-state index contributed by atoms with van der Waals surface area (Å²) in [6.45, 7) is 1.39. The SMILES string of the molecule is CC(O)CO.O.[Cl-].[Na+]. The maximum absolute atomic E-state index is 8.11. The molecule has 5 heteroatoms. The van der Waals surface area contributed by atoms with Crippen molar-refractivity contribution in [1.82, 2.24) is 0 Å². The molecule has 0 aliphatic carbocycles. The number of hydrogen-bond donors (Lipinski definition) is 2. The summed E-state index contributed by atoms with van der Waals surface area (Å²) in [7, 11) is 0. The van der Waals surface area contributed by atoms with E-state index in [-0.39, 0.29) is 54.0 Å². The third-order valence-corrected chi connectivity index (χ3v) is 0.264. The Balaban J connectivity index is -0.0000000267. The molecule has 0 aromatic carbocycles. The van der Waals surface area contributed by atoms with Gasteiger partial charge in [-0.05, 0) is 6.92 Å². The van der Waals surface area contributed by atoms with Crippen molar-refractivity contribution in [2.75, 3.05) is 6.61 Å². The average Bonchev–Trinajstić information content (AvgIpc) is 1.38. The number of aliphatic hydroxyl groups is 2. The van der Waals surface area contributed by atoms with Crippen molar-refractivity contribution in [3.63, 3.8) is 0 Å². The number of rotatable bonds is 1. The van der Waals surface area contributed by atoms with Crippen molar-refractivity contribution in [3.05, 3.63) is 0 Å². The van der Waals surface area contributed by atoms with E-state index in [1.54, 1.807) is 0 Å². The molecule has 4 N–H and O–H groups in total. The van der Waals surface area contributed by atoms with Gasteiger partial charge in [-0.15, -0.1) is 0 Å². The van der Waals surface area contributed by atoms with Crippen LogP contribution in [0.3, 0.4) is 0 Å². The molecule has 0 aromatic rings. The first-order valence-electron chi connectivity index (χ1n) is 1.56. The van der Waals surface area contributed by atoms with Gasteiger partial charge in [0, 0.05) is 0 Å². The smallest absolute Gasteiger partial charge is 1.00 e. The quantitative estimate of drug-likeness (QED) is 0.367. The van der Waals surface area contributed by atoms with E-state index >= 15 is 0 Å². The number of halogens is 1. The van der Waals surface area contributed by atoms with Crippen LogP contribution in [0.25, 0.3) is 0 Å². The third kappa shape index (κ3) is 27.2. The van der Waals surface area contributed by atoms with E-state index in [1.807, 2.05) is 0 Å². The van der Waals surface area contributed by atoms with Crippen molar-refractivity contribution in [2.45, 2.75) is 13.0 Å². The summed E-state index contributed by atoms with van der Waals surface area (Å²) in [4.78, 5) is 0. The fraction of sp³-hybridized carbons (Fsp3) is 1.00. The molecule has 0 saturated carbocycles. The van der Waals surface area contributed by atoms with Crippen LogP contribution in [-0.4, -0.2) is 28.4 Å². The monoisotopic (exact) mass is 152 g/mol. The molecule has 3 nitrogen and oxygen atoms in total. The van der Waals surface area contributed by atoms with Crippen LogP contribution in [0.1, 0.15) is 6.92 Å². The molecule has 1 atom stereocenters. The van der Waals surface area contributed by atoms with Crippen molar-refractivity contribution in [2.24, 2.45) is 0 Å². The maximum atomic E-state index is 8.11. The van der Waals surface area contributed by atoms with Gasteiger partial charge in [0.15, 0.2) is 0 Å². The Hall–Kier alpha value is 1.17. The van der Waals surface area contributed by atoms with Gasteiger partial charge < -0.3 is 28.1 Å². The largest absolute Gasteiger partial charge is 1.00 e. The summed E-state index contributed by atoms with van der Waals surface area (Å²) in [5, 5.41) is 16.0. The van der Waals surface area contributed by atoms with E-state index in [0.717, 1.165) is 0 Å². The zero-order valence-corrected chi connectivity index (χ0v) is 7.81. The van der Waals surface area contributed by atoms with E-state index in [1.165, 1.54) is 6.92 Å². The van der Waals surface area contributed by atoms with Crippen molar-refractivity contribution in [3.8, 4) is 0 Å². The Morgan fingerprint density at radius 3 is 1.62 bits per heavy atom.